The van der Waals surface area contributed by atoms with Crippen molar-refractivity contribution in [2.24, 2.45) is 13.0 Å². The van der Waals surface area contributed by atoms with E-state index < -0.39 is 0 Å². The summed E-state index contributed by atoms with van der Waals surface area (Å²) in [5.41, 5.74) is 5.08. The van der Waals surface area contributed by atoms with Crippen molar-refractivity contribution in [3.8, 4) is 0 Å². The predicted octanol–water partition coefficient (Wildman–Crippen LogP) is 1.77. The molecule has 0 bridgehead atoms. The third-order valence-electron chi connectivity index (χ3n) is 5.91. The van der Waals surface area contributed by atoms with Crippen LogP contribution in [-0.2, 0) is 24.9 Å². The molecule has 6 nitrogen and oxygen atoms in total. The molecule has 136 valence electrons. The van der Waals surface area contributed by atoms with Crippen LogP contribution in [0.1, 0.15) is 28.8 Å². The van der Waals surface area contributed by atoms with E-state index in [0.29, 0.717) is 25.4 Å². The summed E-state index contributed by atoms with van der Waals surface area (Å²) >= 11 is 0. The summed E-state index contributed by atoms with van der Waals surface area (Å²) < 4.78 is 1.69. The first-order valence-corrected chi connectivity index (χ1v) is 9.06. The number of fused-ring (bicyclic) bond motifs is 1. The minimum atomic E-state index is 0.0322. The number of rotatable bonds is 3. The number of hydrogen-bond acceptors (Lipinski definition) is 4. The van der Waals surface area contributed by atoms with Gasteiger partial charge in [0.05, 0.1) is 18.4 Å². The molecule has 2 aromatic heterocycles. The van der Waals surface area contributed by atoms with Crippen LogP contribution in [0.4, 0.5) is 5.69 Å². The SMILES string of the molecule is Cc1c2c(c(=O)n(C)c1C)CN(C(=O)CC1CN(c3cccnc3)C1)C2. The fourth-order valence-corrected chi connectivity index (χ4v) is 4.00. The number of amides is 1. The third-order valence-corrected chi connectivity index (χ3v) is 5.91. The molecule has 1 fully saturated rings. The zero-order valence-electron chi connectivity index (χ0n) is 15.5. The van der Waals surface area contributed by atoms with E-state index >= 15 is 0 Å². The molecule has 2 aliphatic rings. The number of anilines is 1. The third kappa shape index (κ3) is 2.69. The standard InChI is InChI=1S/C20H24N4O2/c1-13-14(2)22(3)20(26)18-12-24(11-17(13)18)19(25)7-15-9-23(10-15)16-5-4-6-21-8-16/h4-6,8,15H,7,9-12H2,1-3H3. The Labute approximate surface area is 153 Å². The van der Waals surface area contributed by atoms with E-state index in [-0.39, 0.29) is 11.5 Å². The molecule has 4 rings (SSSR count). The molecule has 1 saturated heterocycles. The number of hydrogen-bond donors (Lipinski definition) is 0. The highest BCUT2D eigenvalue weighted by Gasteiger charge is 2.33. The van der Waals surface area contributed by atoms with Gasteiger partial charge >= 0.3 is 0 Å². The quantitative estimate of drug-likeness (QED) is 0.845. The van der Waals surface area contributed by atoms with Crippen LogP contribution in [0.3, 0.4) is 0 Å². The van der Waals surface area contributed by atoms with Crippen molar-refractivity contribution in [1.82, 2.24) is 14.5 Å². The van der Waals surface area contributed by atoms with Gasteiger partial charge in [0.2, 0.25) is 5.91 Å². The average Bonchev–Trinajstić information content (AvgIpc) is 3.07. The maximum Gasteiger partial charge on any atom is 0.255 e. The Morgan fingerprint density at radius 1 is 1.23 bits per heavy atom. The van der Waals surface area contributed by atoms with E-state index in [1.54, 1.807) is 17.8 Å². The van der Waals surface area contributed by atoms with Crippen LogP contribution >= 0.6 is 0 Å². The molecule has 0 atom stereocenters. The molecule has 0 radical (unpaired) electrons. The van der Waals surface area contributed by atoms with E-state index in [1.807, 2.05) is 37.1 Å². The van der Waals surface area contributed by atoms with Gasteiger partial charge in [0.25, 0.3) is 5.56 Å². The number of nitrogens with zero attached hydrogens (tertiary/aromatic N) is 4. The molecule has 0 aromatic carbocycles. The van der Waals surface area contributed by atoms with Crippen molar-refractivity contribution in [2.45, 2.75) is 33.4 Å². The van der Waals surface area contributed by atoms with Crippen LogP contribution in [0.25, 0.3) is 0 Å². The van der Waals surface area contributed by atoms with Crippen LogP contribution in [0, 0.1) is 19.8 Å². The maximum absolute atomic E-state index is 12.7. The topological polar surface area (TPSA) is 58.4 Å². The van der Waals surface area contributed by atoms with Gasteiger partial charge < -0.3 is 14.4 Å². The Bertz CT molecular complexity index is 914. The van der Waals surface area contributed by atoms with Crippen LogP contribution in [0.5, 0.6) is 0 Å². The highest BCUT2D eigenvalue weighted by atomic mass is 16.2. The van der Waals surface area contributed by atoms with Gasteiger partial charge in [-0.25, -0.2) is 0 Å². The van der Waals surface area contributed by atoms with Crippen molar-refractivity contribution >= 4 is 11.6 Å². The fourth-order valence-electron chi connectivity index (χ4n) is 4.00. The lowest BCUT2D eigenvalue weighted by atomic mass is 9.95. The number of pyridine rings is 2. The van der Waals surface area contributed by atoms with Crippen LogP contribution in [0.2, 0.25) is 0 Å². The Kier molecular flexibility index (Phi) is 4.05. The van der Waals surface area contributed by atoms with Crippen LogP contribution < -0.4 is 10.5 Å². The fraction of sp³-hybridized carbons (Fsp3) is 0.450. The van der Waals surface area contributed by atoms with E-state index in [4.69, 9.17) is 0 Å². The molecule has 0 spiro atoms. The molecule has 2 aliphatic heterocycles. The molecule has 0 N–H and O–H groups in total. The normalized spacial score (nSPS) is 16.6. The zero-order valence-corrected chi connectivity index (χ0v) is 15.5. The van der Waals surface area contributed by atoms with Crippen molar-refractivity contribution in [2.75, 3.05) is 18.0 Å². The van der Waals surface area contributed by atoms with Gasteiger partial charge in [-0.1, -0.05) is 0 Å². The van der Waals surface area contributed by atoms with Gasteiger partial charge in [0.1, 0.15) is 0 Å². The van der Waals surface area contributed by atoms with Crippen molar-refractivity contribution < 1.29 is 4.79 Å². The first kappa shape index (κ1) is 16.8. The predicted molar refractivity (Wildman–Crippen MR) is 100.0 cm³/mol. The van der Waals surface area contributed by atoms with Crippen molar-refractivity contribution in [3.63, 3.8) is 0 Å². The number of aromatic nitrogens is 2. The summed E-state index contributed by atoms with van der Waals surface area (Å²) in [7, 11) is 1.80. The summed E-state index contributed by atoms with van der Waals surface area (Å²) in [5.74, 6) is 0.522. The van der Waals surface area contributed by atoms with E-state index in [2.05, 4.69) is 9.88 Å². The smallest absolute Gasteiger partial charge is 0.255 e. The van der Waals surface area contributed by atoms with Gasteiger partial charge in [-0.3, -0.25) is 14.6 Å². The van der Waals surface area contributed by atoms with Gasteiger partial charge in [-0.2, -0.15) is 0 Å². The monoisotopic (exact) mass is 352 g/mol. The van der Waals surface area contributed by atoms with E-state index in [0.717, 1.165) is 41.2 Å². The minimum Gasteiger partial charge on any atom is -0.370 e. The summed E-state index contributed by atoms with van der Waals surface area (Å²) in [6.07, 6.45) is 4.17. The minimum absolute atomic E-state index is 0.0322. The molecule has 1 amide bonds. The van der Waals surface area contributed by atoms with Crippen molar-refractivity contribution in [1.29, 1.82) is 0 Å². The average molecular weight is 352 g/mol. The highest BCUT2D eigenvalue weighted by Crippen LogP contribution is 2.29. The molecular formula is C20H24N4O2. The molecule has 4 heterocycles. The van der Waals surface area contributed by atoms with Crippen LogP contribution in [0.15, 0.2) is 29.3 Å². The molecule has 0 aliphatic carbocycles. The van der Waals surface area contributed by atoms with E-state index in [1.165, 1.54) is 0 Å². The zero-order chi connectivity index (χ0) is 18.4. The second-order valence-corrected chi connectivity index (χ2v) is 7.47. The highest BCUT2D eigenvalue weighted by molar-refractivity contribution is 5.78. The summed E-state index contributed by atoms with van der Waals surface area (Å²) in [6.45, 7) is 6.79. The molecular weight excluding hydrogens is 328 g/mol. The van der Waals surface area contributed by atoms with Gasteiger partial charge in [-0.15, -0.1) is 0 Å². The molecule has 0 saturated carbocycles. The number of carbonyl (C=O) groups is 1. The van der Waals surface area contributed by atoms with Gasteiger partial charge in [-0.05, 0) is 37.1 Å². The molecule has 2 aromatic rings. The lowest BCUT2D eigenvalue weighted by Crippen LogP contribution is -2.48. The summed E-state index contributed by atoms with van der Waals surface area (Å²) in [4.78, 5) is 33.5. The maximum atomic E-state index is 12.7. The first-order valence-electron chi connectivity index (χ1n) is 9.06. The Morgan fingerprint density at radius 3 is 2.65 bits per heavy atom. The molecule has 6 heteroatoms. The van der Waals surface area contributed by atoms with Gasteiger partial charge in [0, 0.05) is 56.5 Å². The summed E-state index contributed by atoms with van der Waals surface area (Å²) in [5, 5.41) is 0. The van der Waals surface area contributed by atoms with Gasteiger partial charge in [0.15, 0.2) is 0 Å². The largest absolute Gasteiger partial charge is 0.370 e. The second-order valence-electron chi connectivity index (χ2n) is 7.47. The summed E-state index contributed by atoms with van der Waals surface area (Å²) in [6, 6.07) is 3.98. The molecule has 26 heavy (non-hydrogen) atoms. The second kappa shape index (κ2) is 6.27. The number of carbonyl (C=O) groups excluding carboxylic acids is 1. The van der Waals surface area contributed by atoms with Crippen molar-refractivity contribution in [3.05, 3.63) is 57.3 Å². The lowest BCUT2D eigenvalue weighted by Gasteiger charge is -2.41. The van der Waals surface area contributed by atoms with Crippen LogP contribution in [-0.4, -0.2) is 33.4 Å². The lowest BCUT2D eigenvalue weighted by molar-refractivity contribution is -0.133. The Hall–Kier alpha value is -2.63. The Morgan fingerprint density at radius 2 is 1.96 bits per heavy atom. The van der Waals surface area contributed by atoms with E-state index in [9.17, 15) is 9.59 Å². The molecule has 0 unspecified atom stereocenters. The Balaban J connectivity index is 1.40. The first-order chi connectivity index (χ1) is 12.5.